The summed E-state index contributed by atoms with van der Waals surface area (Å²) in [5.41, 5.74) is 0. The summed E-state index contributed by atoms with van der Waals surface area (Å²) in [6, 6.07) is 0. The highest BCUT2D eigenvalue weighted by Gasteiger charge is 2.33. The lowest BCUT2D eigenvalue weighted by Crippen LogP contribution is -2.43. The molecular formula is C15H29NO2. The normalized spacial score (nSPS) is 40.0. The van der Waals surface area contributed by atoms with E-state index in [1.54, 1.807) is 0 Å². The van der Waals surface area contributed by atoms with Crippen molar-refractivity contribution in [3.05, 3.63) is 0 Å². The molecule has 18 heavy (non-hydrogen) atoms. The van der Waals surface area contributed by atoms with E-state index in [9.17, 15) is 5.11 Å². The zero-order valence-electron chi connectivity index (χ0n) is 11.9. The van der Waals surface area contributed by atoms with E-state index in [2.05, 4.69) is 18.7 Å². The average Bonchev–Trinajstić information content (AvgIpc) is 2.37. The predicted molar refractivity (Wildman–Crippen MR) is 73.3 cm³/mol. The molecule has 3 heteroatoms. The lowest BCUT2D eigenvalue weighted by Gasteiger charge is -2.40. The summed E-state index contributed by atoms with van der Waals surface area (Å²) in [5, 5.41) is 19.4. The fourth-order valence-corrected chi connectivity index (χ4v) is 3.55. The van der Waals surface area contributed by atoms with E-state index in [1.165, 1.54) is 6.42 Å². The van der Waals surface area contributed by atoms with Gasteiger partial charge in [0, 0.05) is 13.2 Å². The Morgan fingerprint density at radius 2 is 1.67 bits per heavy atom. The molecule has 3 nitrogen and oxygen atoms in total. The number of aliphatic hydroxyl groups is 2. The van der Waals surface area contributed by atoms with Crippen LogP contribution in [0, 0.1) is 23.7 Å². The maximum atomic E-state index is 10.2. The number of piperidine rings is 1. The van der Waals surface area contributed by atoms with Gasteiger partial charge in [-0.3, -0.25) is 0 Å². The third kappa shape index (κ3) is 3.46. The zero-order valence-corrected chi connectivity index (χ0v) is 11.9. The number of hydrogen-bond acceptors (Lipinski definition) is 3. The van der Waals surface area contributed by atoms with E-state index in [-0.39, 0.29) is 6.10 Å². The van der Waals surface area contributed by atoms with Crippen molar-refractivity contribution >= 4 is 0 Å². The molecule has 1 saturated heterocycles. The molecule has 2 aliphatic rings. The molecule has 0 aromatic rings. The van der Waals surface area contributed by atoms with Crippen LogP contribution in [-0.4, -0.2) is 47.5 Å². The van der Waals surface area contributed by atoms with Gasteiger partial charge in [0.05, 0.1) is 6.10 Å². The van der Waals surface area contributed by atoms with Gasteiger partial charge in [-0.2, -0.15) is 0 Å². The molecular weight excluding hydrogens is 226 g/mol. The number of rotatable bonds is 3. The highest BCUT2D eigenvalue weighted by Crippen LogP contribution is 2.34. The molecule has 0 spiro atoms. The third-order valence-corrected chi connectivity index (χ3v) is 5.26. The monoisotopic (exact) mass is 255 g/mol. The maximum Gasteiger partial charge on any atom is 0.0583 e. The highest BCUT2D eigenvalue weighted by molar-refractivity contribution is 4.85. The smallest absolute Gasteiger partial charge is 0.0583 e. The zero-order chi connectivity index (χ0) is 13.1. The van der Waals surface area contributed by atoms with E-state index in [0.717, 1.165) is 44.8 Å². The predicted octanol–water partition coefficient (Wildman–Crippen LogP) is 1.73. The SMILES string of the molecule is CC1CC(O)C(CN2CCC(CO)CC2)CC1C. The van der Waals surface area contributed by atoms with Gasteiger partial charge in [0.2, 0.25) is 0 Å². The maximum absolute atomic E-state index is 10.2. The quantitative estimate of drug-likeness (QED) is 0.807. The van der Waals surface area contributed by atoms with Crippen LogP contribution >= 0.6 is 0 Å². The highest BCUT2D eigenvalue weighted by atomic mass is 16.3. The van der Waals surface area contributed by atoms with Crippen molar-refractivity contribution < 1.29 is 10.2 Å². The fraction of sp³-hybridized carbons (Fsp3) is 1.00. The Morgan fingerprint density at radius 1 is 1.06 bits per heavy atom. The van der Waals surface area contributed by atoms with Gasteiger partial charge in [-0.15, -0.1) is 0 Å². The van der Waals surface area contributed by atoms with Crippen LogP contribution in [0.15, 0.2) is 0 Å². The minimum Gasteiger partial charge on any atom is -0.396 e. The number of nitrogens with zero attached hydrogens (tertiary/aromatic N) is 1. The second kappa shape index (κ2) is 6.36. The molecule has 2 fully saturated rings. The van der Waals surface area contributed by atoms with Gasteiger partial charge < -0.3 is 15.1 Å². The largest absolute Gasteiger partial charge is 0.396 e. The van der Waals surface area contributed by atoms with Gasteiger partial charge in [0.15, 0.2) is 0 Å². The van der Waals surface area contributed by atoms with Crippen LogP contribution in [0.4, 0.5) is 0 Å². The Labute approximate surface area is 111 Å². The van der Waals surface area contributed by atoms with Gasteiger partial charge in [0.25, 0.3) is 0 Å². The van der Waals surface area contributed by atoms with E-state index in [4.69, 9.17) is 5.11 Å². The molecule has 1 aliphatic carbocycles. The third-order valence-electron chi connectivity index (χ3n) is 5.26. The van der Waals surface area contributed by atoms with Gasteiger partial charge in [0.1, 0.15) is 0 Å². The van der Waals surface area contributed by atoms with Gasteiger partial charge in [-0.25, -0.2) is 0 Å². The molecule has 2 N–H and O–H groups in total. The topological polar surface area (TPSA) is 43.7 Å². The van der Waals surface area contributed by atoms with Crippen molar-refractivity contribution in [1.82, 2.24) is 4.90 Å². The van der Waals surface area contributed by atoms with E-state index in [1.807, 2.05) is 0 Å². The van der Waals surface area contributed by atoms with Crippen molar-refractivity contribution in [2.24, 2.45) is 23.7 Å². The van der Waals surface area contributed by atoms with Crippen LogP contribution < -0.4 is 0 Å². The van der Waals surface area contributed by atoms with Crippen LogP contribution in [0.3, 0.4) is 0 Å². The second-order valence-corrected chi connectivity index (χ2v) is 6.68. The molecule has 4 atom stereocenters. The van der Waals surface area contributed by atoms with Crippen molar-refractivity contribution in [2.45, 2.75) is 45.6 Å². The molecule has 1 heterocycles. The molecule has 0 bridgehead atoms. The Morgan fingerprint density at radius 3 is 2.28 bits per heavy atom. The van der Waals surface area contributed by atoms with E-state index >= 15 is 0 Å². The molecule has 0 amide bonds. The number of aliphatic hydroxyl groups excluding tert-OH is 2. The summed E-state index contributed by atoms with van der Waals surface area (Å²) in [6.07, 6.45) is 4.27. The summed E-state index contributed by atoms with van der Waals surface area (Å²) in [5.74, 6) is 2.38. The lowest BCUT2D eigenvalue weighted by atomic mass is 9.74. The number of hydrogen-bond donors (Lipinski definition) is 2. The van der Waals surface area contributed by atoms with Gasteiger partial charge >= 0.3 is 0 Å². The van der Waals surface area contributed by atoms with Crippen molar-refractivity contribution in [2.75, 3.05) is 26.2 Å². The van der Waals surface area contributed by atoms with Crippen LogP contribution in [0.25, 0.3) is 0 Å². The van der Waals surface area contributed by atoms with Gasteiger partial charge in [-0.05, 0) is 62.4 Å². The minimum atomic E-state index is -0.105. The molecule has 0 radical (unpaired) electrons. The summed E-state index contributed by atoms with van der Waals surface area (Å²) in [6.45, 7) is 8.17. The molecule has 106 valence electrons. The number of likely N-dealkylation sites (tertiary alicyclic amines) is 1. The second-order valence-electron chi connectivity index (χ2n) is 6.68. The Kier molecular flexibility index (Phi) is 5.05. The first-order valence-corrected chi connectivity index (χ1v) is 7.61. The average molecular weight is 255 g/mol. The summed E-state index contributed by atoms with van der Waals surface area (Å²) >= 11 is 0. The van der Waals surface area contributed by atoms with E-state index in [0.29, 0.717) is 24.4 Å². The Bertz CT molecular complexity index is 251. The summed E-state index contributed by atoms with van der Waals surface area (Å²) in [7, 11) is 0. The van der Waals surface area contributed by atoms with Crippen molar-refractivity contribution in [1.29, 1.82) is 0 Å². The first kappa shape index (κ1) is 14.3. The lowest BCUT2D eigenvalue weighted by molar-refractivity contribution is 0.000699. The first-order chi connectivity index (χ1) is 8.60. The van der Waals surface area contributed by atoms with Crippen LogP contribution in [0.1, 0.15) is 39.5 Å². The van der Waals surface area contributed by atoms with E-state index < -0.39 is 0 Å². The fourth-order valence-electron chi connectivity index (χ4n) is 3.55. The molecule has 4 unspecified atom stereocenters. The molecule has 0 aromatic heterocycles. The van der Waals surface area contributed by atoms with Crippen molar-refractivity contribution in [3.8, 4) is 0 Å². The van der Waals surface area contributed by atoms with Crippen LogP contribution in [0.5, 0.6) is 0 Å². The van der Waals surface area contributed by atoms with Gasteiger partial charge in [-0.1, -0.05) is 13.8 Å². The van der Waals surface area contributed by atoms with Crippen molar-refractivity contribution in [3.63, 3.8) is 0 Å². The minimum absolute atomic E-state index is 0.105. The van der Waals surface area contributed by atoms with Crippen LogP contribution in [-0.2, 0) is 0 Å². The molecule has 1 saturated carbocycles. The Balaban J connectivity index is 1.79. The summed E-state index contributed by atoms with van der Waals surface area (Å²) < 4.78 is 0. The molecule has 0 aromatic carbocycles. The molecule has 2 rings (SSSR count). The molecule has 1 aliphatic heterocycles. The first-order valence-electron chi connectivity index (χ1n) is 7.61. The standard InChI is InChI=1S/C15H29NO2/c1-11-7-14(15(18)8-12(11)2)9-16-5-3-13(10-17)4-6-16/h11-15,17-18H,3-10H2,1-2H3. The summed E-state index contributed by atoms with van der Waals surface area (Å²) in [4.78, 5) is 2.49. The van der Waals surface area contributed by atoms with Crippen LogP contribution in [0.2, 0.25) is 0 Å². The Hall–Kier alpha value is -0.120.